The summed E-state index contributed by atoms with van der Waals surface area (Å²) in [6.45, 7) is 2.54. The summed E-state index contributed by atoms with van der Waals surface area (Å²) in [4.78, 5) is 24.0. The second kappa shape index (κ2) is 6.10. The number of nitrogens with zero attached hydrogens (tertiary/aromatic N) is 1. The van der Waals surface area contributed by atoms with Gasteiger partial charge in [0, 0.05) is 18.7 Å². The van der Waals surface area contributed by atoms with E-state index in [0.717, 1.165) is 12.8 Å². The van der Waals surface area contributed by atoms with Crippen LogP contribution in [0.2, 0.25) is 0 Å². The van der Waals surface area contributed by atoms with E-state index in [4.69, 9.17) is 5.11 Å². The predicted molar refractivity (Wildman–Crippen MR) is 60.9 cm³/mol. The van der Waals surface area contributed by atoms with E-state index in [1.165, 1.54) is 6.08 Å². The third-order valence-electron chi connectivity index (χ3n) is 2.61. The van der Waals surface area contributed by atoms with E-state index in [9.17, 15) is 9.59 Å². The molecule has 16 heavy (non-hydrogen) atoms. The van der Waals surface area contributed by atoms with E-state index < -0.39 is 5.97 Å². The molecule has 0 aromatic rings. The van der Waals surface area contributed by atoms with E-state index in [0.29, 0.717) is 6.54 Å². The number of allylic oxidation sites excluding steroid dienone is 3. The van der Waals surface area contributed by atoms with Gasteiger partial charge in [-0.2, -0.15) is 0 Å². The van der Waals surface area contributed by atoms with Crippen LogP contribution < -0.4 is 0 Å². The maximum atomic E-state index is 11.7. The molecule has 1 aliphatic heterocycles. The summed E-state index contributed by atoms with van der Waals surface area (Å²) in [7, 11) is 0. The highest BCUT2D eigenvalue weighted by molar-refractivity contribution is 5.88. The number of carboxylic acid groups (broad SMARTS) is 1. The summed E-state index contributed by atoms with van der Waals surface area (Å²) in [6, 6.07) is -0.139. The lowest BCUT2D eigenvalue weighted by Crippen LogP contribution is -2.35. The second-order valence-electron chi connectivity index (χ2n) is 3.81. The fraction of sp³-hybridized carbons (Fsp3) is 0.500. The van der Waals surface area contributed by atoms with Crippen molar-refractivity contribution < 1.29 is 14.7 Å². The molecule has 88 valence electrons. The zero-order valence-corrected chi connectivity index (χ0v) is 9.43. The number of rotatable bonds is 4. The van der Waals surface area contributed by atoms with E-state index in [-0.39, 0.29) is 18.4 Å². The Morgan fingerprint density at radius 1 is 1.44 bits per heavy atom. The van der Waals surface area contributed by atoms with Crippen LogP contribution in [-0.2, 0) is 9.59 Å². The molecule has 4 heteroatoms. The molecule has 1 saturated heterocycles. The Morgan fingerprint density at radius 2 is 2.19 bits per heavy atom. The standard InChI is InChI=1S/C12H17NO3/c1-2-3-4-7-11(14)13-8-5-6-10(13)9-12(15)16/h2-4,7,10H,5-6,8-9H2,1H3,(H,15,16). The van der Waals surface area contributed by atoms with Crippen LogP contribution in [0.3, 0.4) is 0 Å². The molecule has 1 atom stereocenters. The highest BCUT2D eigenvalue weighted by atomic mass is 16.4. The molecule has 0 aromatic heterocycles. The van der Waals surface area contributed by atoms with Crippen molar-refractivity contribution in [3.63, 3.8) is 0 Å². The first-order valence-electron chi connectivity index (χ1n) is 5.47. The van der Waals surface area contributed by atoms with Crippen LogP contribution in [0, 0.1) is 0 Å². The van der Waals surface area contributed by atoms with Gasteiger partial charge in [-0.1, -0.05) is 18.2 Å². The second-order valence-corrected chi connectivity index (χ2v) is 3.81. The summed E-state index contributed by atoms with van der Waals surface area (Å²) >= 11 is 0. The molecule has 1 aliphatic rings. The predicted octanol–water partition coefficient (Wildman–Crippen LogP) is 1.58. The Kier molecular flexibility index (Phi) is 4.76. The minimum absolute atomic E-state index is 0.0448. The molecular formula is C12H17NO3. The maximum absolute atomic E-state index is 11.7. The van der Waals surface area contributed by atoms with Crippen molar-refractivity contribution in [2.75, 3.05) is 6.54 Å². The number of hydrogen-bond acceptors (Lipinski definition) is 2. The molecule has 0 spiro atoms. The Hall–Kier alpha value is -1.58. The average molecular weight is 223 g/mol. The number of amides is 1. The van der Waals surface area contributed by atoms with Crippen molar-refractivity contribution in [1.29, 1.82) is 0 Å². The van der Waals surface area contributed by atoms with Gasteiger partial charge in [0.2, 0.25) is 5.91 Å². The minimum atomic E-state index is -0.845. The monoisotopic (exact) mass is 223 g/mol. The molecule has 0 radical (unpaired) electrons. The lowest BCUT2D eigenvalue weighted by atomic mass is 10.1. The molecule has 1 heterocycles. The van der Waals surface area contributed by atoms with Gasteiger partial charge in [0.15, 0.2) is 0 Å². The number of aliphatic carboxylic acids is 1. The first-order valence-corrected chi connectivity index (χ1v) is 5.47. The summed E-state index contributed by atoms with van der Waals surface area (Å²) in [5.41, 5.74) is 0. The van der Waals surface area contributed by atoms with Crippen LogP contribution in [0.1, 0.15) is 26.2 Å². The van der Waals surface area contributed by atoms with Crippen LogP contribution >= 0.6 is 0 Å². The SMILES string of the molecule is CC=CC=CC(=O)N1CCCC1CC(=O)O. The lowest BCUT2D eigenvalue weighted by molar-refractivity contribution is -0.139. The van der Waals surface area contributed by atoms with Gasteiger partial charge in [-0.3, -0.25) is 9.59 Å². The van der Waals surface area contributed by atoms with Gasteiger partial charge in [0.1, 0.15) is 0 Å². The van der Waals surface area contributed by atoms with Gasteiger partial charge in [0.05, 0.1) is 6.42 Å². The van der Waals surface area contributed by atoms with Crippen molar-refractivity contribution in [2.24, 2.45) is 0 Å². The van der Waals surface area contributed by atoms with E-state index in [1.807, 2.05) is 13.0 Å². The normalized spacial score (nSPS) is 21.1. The first-order chi connectivity index (χ1) is 7.65. The molecule has 0 aromatic carbocycles. The highest BCUT2D eigenvalue weighted by Gasteiger charge is 2.28. The van der Waals surface area contributed by atoms with Crippen molar-refractivity contribution in [2.45, 2.75) is 32.2 Å². The van der Waals surface area contributed by atoms with Gasteiger partial charge >= 0.3 is 5.97 Å². The van der Waals surface area contributed by atoms with Crippen LogP contribution in [0.15, 0.2) is 24.3 Å². The Labute approximate surface area is 95.2 Å². The number of carbonyl (C=O) groups is 2. The van der Waals surface area contributed by atoms with Gasteiger partial charge in [0.25, 0.3) is 0 Å². The zero-order valence-electron chi connectivity index (χ0n) is 9.43. The topological polar surface area (TPSA) is 57.6 Å². The summed E-state index contributed by atoms with van der Waals surface area (Å²) in [5, 5.41) is 8.72. The average Bonchev–Trinajstić information content (AvgIpc) is 2.65. The van der Waals surface area contributed by atoms with Gasteiger partial charge in [-0.15, -0.1) is 0 Å². The minimum Gasteiger partial charge on any atom is -0.481 e. The molecule has 1 rings (SSSR count). The third kappa shape index (κ3) is 3.53. The zero-order chi connectivity index (χ0) is 12.0. The first kappa shape index (κ1) is 12.5. The van der Waals surface area contributed by atoms with Crippen molar-refractivity contribution in [3.8, 4) is 0 Å². The van der Waals surface area contributed by atoms with Crippen LogP contribution in [0.4, 0.5) is 0 Å². The van der Waals surface area contributed by atoms with Crippen molar-refractivity contribution in [3.05, 3.63) is 24.3 Å². The van der Waals surface area contributed by atoms with Gasteiger partial charge in [-0.25, -0.2) is 0 Å². The summed E-state index contributed by atoms with van der Waals surface area (Å²) in [5.74, 6) is -0.941. The molecule has 1 amide bonds. The molecular weight excluding hydrogens is 206 g/mol. The summed E-state index contributed by atoms with van der Waals surface area (Å²) in [6.07, 6.45) is 8.50. The van der Waals surface area contributed by atoms with E-state index >= 15 is 0 Å². The molecule has 1 unspecified atom stereocenters. The Bertz CT molecular complexity index is 320. The third-order valence-corrected chi connectivity index (χ3v) is 2.61. The summed E-state index contributed by atoms with van der Waals surface area (Å²) < 4.78 is 0. The molecule has 0 saturated carbocycles. The van der Waals surface area contributed by atoms with E-state index in [2.05, 4.69) is 0 Å². The van der Waals surface area contributed by atoms with Gasteiger partial charge in [-0.05, 0) is 19.8 Å². The number of carboxylic acids is 1. The smallest absolute Gasteiger partial charge is 0.305 e. The maximum Gasteiger partial charge on any atom is 0.305 e. The van der Waals surface area contributed by atoms with E-state index in [1.54, 1.807) is 17.1 Å². The lowest BCUT2D eigenvalue weighted by Gasteiger charge is -2.21. The quantitative estimate of drug-likeness (QED) is 0.581. The number of carbonyl (C=O) groups excluding carboxylic acids is 1. The number of hydrogen-bond donors (Lipinski definition) is 1. The Morgan fingerprint density at radius 3 is 2.81 bits per heavy atom. The fourth-order valence-corrected chi connectivity index (χ4v) is 1.88. The fourth-order valence-electron chi connectivity index (χ4n) is 1.88. The molecule has 1 N–H and O–H groups in total. The molecule has 0 bridgehead atoms. The molecule has 4 nitrogen and oxygen atoms in total. The van der Waals surface area contributed by atoms with Gasteiger partial charge < -0.3 is 10.0 Å². The number of likely N-dealkylation sites (tertiary alicyclic amines) is 1. The highest BCUT2D eigenvalue weighted by Crippen LogP contribution is 2.20. The Balaban J connectivity index is 2.57. The largest absolute Gasteiger partial charge is 0.481 e. The van der Waals surface area contributed by atoms with Crippen LogP contribution in [0.25, 0.3) is 0 Å². The molecule has 0 aliphatic carbocycles. The molecule has 1 fully saturated rings. The van der Waals surface area contributed by atoms with Crippen molar-refractivity contribution >= 4 is 11.9 Å². The van der Waals surface area contributed by atoms with Crippen LogP contribution in [0.5, 0.6) is 0 Å². The van der Waals surface area contributed by atoms with Crippen LogP contribution in [-0.4, -0.2) is 34.5 Å². The van der Waals surface area contributed by atoms with Crippen molar-refractivity contribution in [1.82, 2.24) is 4.90 Å².